The number of hydrogen-bond acceptors (Lipinski definition) is 4. The maximum absolute atomic E-state index is 10.8. The summed E-state index contributed by atoms with van der Waals surface area (Å²) >= 11 is 1.72. The van der Waals surface area contributed by atoms with E-state index in [0.29, 0.717) is 0 Å². The van der Waals surface area contributed by atoms with Crippen molar-refractivity contribution in [3.8, 4) is 5.75 Å². The largest absolute Gasteiger partial charge is 0.506 e. The van der Waals surface area contributed by atoms with Gasteiger partial charge in [0.1, 0.15) is 14.3 Å². The van der Waals surface area contributed by atoms with Gasteiger partial charge in [-0.1, -0.05) is 0 Å². The fourth-order valence-electron chi connectivity index (χ4n) is 0.589. The van der Waals surface area contributed by atoms with Crippen molar-refractivity contribution in [1.29, 1.82) is 0 Å². The zero-order valence-electron chi connectivity index (χ0n) is 5.53. The summed E-state index contributed by atoms with van der Waals surface area (Å²) in [5, 5.41) is 8.91. The maximum Gasteiger partial charge on any atom is 0.264 e. The van der Waals surface area contributed by atoms with Crippen LogP contribution in [0.1, 0.15) is 0 Å². The van der Waals surface area contributed by atoms with Crippen LogP contribution in [0.25, 0.3) is 0 Å². The van der Waals surface area contributed by atoms with Crippen molar-refractivity contribution >= 4 is 42.3 Å². The number of aromatic hydroxyl groups is 1. The van der Waals surface area contributed by atoms with Gasteiger partial charge in [-0.3, -0.25) is 0 Å². The molecule has 0 spiro atoms. The number of halogens is 2. The Kier molecular flexibility index (Phi) is 2.79. The van der Waals surface area contributed by atoms with Gasteiger partial charge in [-0.2, -0.15) is 0 Å². The second kappa shape index (κ2) is 3.35. The average Bonchev–Trinajstić information content (AvgIpc) is 1.92. The summed E-state index contributed by atoms with van der Waals surface area (Å²) < 4.78 is 21.9. The van der Waals surface area contributed by atoms with E-state index in [0.717, 1.165) is 12.3 Å². The van der Waals surface area contributed by atoms with Crippen LogP contribution in [0.15, 0.2) is 17.2 Å². The Labute approximate surface area is 87.1 Å². The van der Waals surface area contributed by atoms with Crippen LogP contribution in [0.2, 0.25) is 0 Å². The lowest BCUT2D eigenvalue weighted by atomic mass is 10.5. The zero-order valence-corrected chi connectivity index (χ0v) is 9.26. The highest BCUT2D eigenvalue weighted by Gasteiger charge is 2.15. The molecular weight excluding hydrogens is 316 g/mol. The monoisotopic (exact) mass is 319 g/mol. The van der Waals surface area contributed by atoms with Crippen molar-refractivity contribution in [2.45, 2.75) is 4.90 Å². The minimum atomic E-state index is -3.81. The summed E-state index contributed by atoms with van der Waals surface area (Å²) in [6.45, 7) is 0. The minimum Gasteiger partial charge on any atom is -0.506 e. The number of rotatable bonds is 1. The molecule has 1 N–H and O–H groups in total. The molecule has 66 valence electrons. The standard InChI is InChI=1S/C5H3ClINO3S/c6-12(10,11)4-1-3(9)2-8-5(4)7/h1-2,9H. The van der Waals surface area contributed by atoms with Crippen molar-refractivity contribution in [1.82, 2.24) is 4.98 Å². The van der Waals surface area contributed by atoms with Gasteiger partial charge in [-0.05, 0) is 22.6 Å². The van der Waals surface area contributed by atoms with Gasteiger partial charge in [0.2, 0.25) is 0 Å². The molecule has 12 heavy (non-hydrogen) atoms. The summed E-state index contributed by atoms with van der Waals surface area (Å²) in [6, 6.07) is 1.05. The first-order valence-electron chi connectivity index (χ1n) is 2.70. The number of aromatic nitrogens is 1. The Morgan fingerprint density at radius 1 is 1.58 bits per heavy atom. The van der Waals surface area contributed by atoms with E-state index in [2.05, 4.69) is 4.98 Å². The molecule has 0 saturated carbocycles. The fourth-order valence-corrected chi connectivity index (χ4v) is 3.01. The third kappa shape index (κ3) is 2.20. The smallest absolute Gasteiger partial charge is 0.264 e. The Balaban J connectivity index is 3.43. The predicted molar refractivity (Wildman–Crippen MR) is 51.7 cm³/mol. The van der Waals surface area contributed by atoms with Gasteiger partial charge in [0.05, 0.1) is 6.20 Å². The molecule has 0 saturated heterocycles. The van der Waals surface area contributed by atoms with Crippen LogP contribution < -0.4 is 0 Å². The predicted octanol–water partition coefficient (Wildman–Crippen LogP) is 1.32. The first kappa shape index (κ1) is 10.0. The molecule has 0 aliphatic carbocycles. The zero-order chi connectivity index (χ0) is 9.35. The van der Waals surface area contributed by atoms with Gasteiger partial charge in [0.25, 0.3) is 9.05 Å². The van der Waals surface area contributed by atoms with Gasteiger partial charge in [-0.15, -0.1) is 0 Å². The van der Waals surface area contributed by atoms with Crippen molar-refractivity contribution in [2.75, 3.05) is 0 Å². The summed E-state index contributed by atoms with van der Waals surface area (Å²) in [5.74, 6) is -0.227. The van der Waals surface area contributed by atoms with E-state index in [1.165, 1.54) is 0 Å². The fraction of sp³-hybridized carbons (Fsp3) is 0. The molecule has 0 aliphatic heterocycles. The molecule has 1 heterocycles. The van der Waals surface area contributed by atoms with Crippen LogP contribution in [-0.2, 0) is 9.05 Å². The molecule has 0 fully saturated rings. The molecule has 0 radical (unpaired) electrons. The third-order valence-electron chi connectivity index (χ3n) is 1.06. The molecule has 0 amide bonds. The maximum atomic E-state index is 10.8. The number of nitrogens with zero attached hydrogens (tertiary/aromatic N) is 1. The first-order valence-corrected chi connectivity index (χ1v) is 6.09. The Morgan fingerprint density at radius 2 is 2.17 bits per heavy atom. The van der Waals surface area contributed by atoms with Crippen molar-refractivity contribution in [3.05, 3.63) is 16.0 Å². The Morgan fingerprint density at radius 3 is 2.58 bits per heavy atom. The molecule has 0 aromatic carbocycles. The second-order valence-corrected chi connectivity index (χ2v) is 5.48. The van der Waals surface area contributed by atoms with E-state index in [9.17, 15) is 8.42 Å². The summed E-state index contributed by atoms with van der Waals surface area (Å²) in [6.07, 6.45) is 1.15. The van der Waals surface area contributed by atoms with Crippen LogP contribution in [0.5, 0.6) is 5.75 Å². The highest BCUT2D eigenvalue weighted by Crippen LogP contribution is 2.23. The minimum absolute atomic E-state index is 0.176. The molecule has 0 bridgehead atoms. The topological polar surface area (TPSA) is 67.3 Å². The summed E-state index contributed by atoms with van der Waals surface area (Å²) in [5.41, 5.74) is 0. The van der Waals surface area contributed by atoms with Crippen LogP contribution in [0.4, 0.5) is 0 Å². The lowest BCUT2D eigenvalue weighted by molar-refractivity contribution is 0.469. The first-order chi connectivity index (χ1) is 5.41. The summed E-state index contributed by atoms with van der Waals surface area (Å²) in [7, 11) is 1.24. The molecule has 4 nitrogen and oxygen atoms in total. The normalized spacial score (nSPS) is 11.5. The average molecular weight is 320 g/mol. The van der Waals surface area contributed by atoms with Crippen LogP contribution >= 0.6 is 33.3 Å². The lowest BCUT2D eigenvalue weighted by Gasteiger charge is -1.98. The number of hydrogen-bond donors (Lipinski definition) is 1. The molecule has 7 heteroatoms. The molecule has 1 aromatic heterocycles. The highest BCUT2D eigenvalue weighted by atomic mass is 127. The van der Waals surface area contributed by atoms with Crippen molar-refractivity contribution in [3.63, 3.8) is 0 Å². The molecular formula is C5H3ClINO3S. The molecule has 0 atom stereocenters. The van der Waals surface area contributed by atoms with Gasteiger partial charge in [0.15, 0.2) is 0 Å². The Hall–Kier alpha value is -0.0800. The van der Waals surface area contributed by atoms with Gasteiger partial charge < -0.3 is 5.11 Å². The van der Waals surface area contributed by atoms with Crippen molar-refractivity contribution in [2.24, 2.45) is 0 Å². The van der Waals surface area contributed by atoms with E-state index in [1.807, 2.05) is 0 Å². The van der Waals surface area contributed by atoms with Crippen LogP contribution in [-0.4, -0.2) is 18.5 Å². The second-order valence-electron chi connectivity index (χ2n) is 1.92. The van der Waals surface area contributed by atoms with Gasteiger partial charge in [0, 0.05) is 16.7 Å². The van der Waals surface area contributed by atoms with Gasteiger partial charge >= 0.3 is 0 Å². The number of pyridine rings is 1. The molecule has 0 unspecified atom stereocenters. The third-order valence-corrected chi connectivity index (χ3v) is 3.62. The summed E-state index contributed by atoms with van der Waals surface area (Å²) in [4.78, 5) is 3.44. The lowest BCUT2D eigenvalue weighted by Crippen LogP contribution is -1.96. The molecule has 0 aliphatic rings. The molecule has 1 rings (SSSR count). The van der Waals surface area contributed by atoms with Crippen LogP contribution in [0.3, 0.4) is 0 Å². The van der Waals surface area contributed by atoms with Crippen LogP contribution in [0, 0.1) is 3.70 Å². The van der Waals surface area contributed by atoms with E-state index >= 15 is 0 Å². The SMILES string of the molecule is O=S(=O)(Cl)c1cc(O)cnc1I. The van der Waals surface area contributed by atoms with Gasteiger partial charge in [-0.25, -0.2) is 13.4 Å². The van der Waals surface area contributed by atoms with E-state index in [-0.39, 0.29) is 14.3 Å². The van der Waals surface area contributed by atoms with E-state index in [4.69, 9.17) is 15.8 Å². The quantitative estimate of drug-likeness (QED) is 0.481. The van der Waals surface area contributed by atoms with Crippen molar-refractivity contribution < 1.29 is 13.5 Å². The Bertz CT molecular complexity index is 405. The van der Waals surface area contributed by atoms with E-state index in [1.54, 1.807) is 22.6 Å². The molecule has 1 aromatic rings. The van der Waals surface area contributed by atoms with E-state index < -0.39 is 9.05 Å². The highest BCUT2D eigenvalue weighted by molar-refractivity contribution is 14.1.